The maximum atomic E-state index is 9.68. The van der Waals surface area contributed by atoms with Crippen molar-refractivity contribution in [1.82, 2.24) is 30.0 Å². The molecule has 0 saturated carbocycles. The number of hydrogen-bond donors (Lipinski definition) is 2. The first-order valence-corrected chi connectivity index (χ1v) is 10.2. The van der Waals surface area contributed by atoms with Crippen molar-refractivity contribution in [3.63, 3.8) is 0 Å². The average Bonchev–Trinajstić information content (AvgIpc) is 3.32. The largest absolute Gasteiger partial charge is 0.338 e. The second kappa shape index (κ2) is 6.93. The number of hydrogen-bond acceptors (Lipinski definition) is 6. The van der Waals surface area contributed by atoms with Crippen LogP contribution in [-0.4, -0.2) is 43.1 Å². The summed E-state index contributed by atoms with van der Waals surface area (Å²) in [6, 6.07) is 4.42. The van der Waals surface area contributed by atoms with Gasteiger partial charge in [-0.15, -0.1) is 11.8 Å². The number of fused-ring (bicyclic) bond motifs is 3. The van der Waals surface area contributed by atoms with Gasteiger partial charge in [-0.05, 0) is 32.0 Å². The number of nitrogens with zero attached hydrogens (tertiary/aromatic N) is 5. The smallest absolute Gasteiger partial charge is 0.154 e. The number of piperidine rings is 1. The van der Waals surface area contributed by atoms with Crippen LogP contribution in [0.15, 0.2) is 35.7 Å². The monoisotopic (exact) mass is 389 g/mol. The molecule has 0 amide bonds. The molecule has 5 rings (SSSR count). The van der Waals surface area contributed by atoms with E-state index in [1.165, 1.54) is 0 Å². The quantitative estimate of drug-likeness (QED) is 0.559. The summed E-state index contributed by atoms with van der Waals surface area (Å²) < 4.78 is 1.78. The minimum absolute atomic E-state index is 0.486. The summed E-state index contributed by atoms with van der Waals surface area (Å²) in [6.45, 7) is 2.03. The zero-order valence-electron chi connectivity index (χ0n) is 15.4. The standard InChI is InChI=1S/C20H19N7S/c1-27-11-13(9-25-27)12-6-15-18-17(26-20(15)24-8-12)10-23-16(7-21)19(18)28-14-2-4-22-5-3-14/h6,8-11,14,22H,2-5H2,1H3,(H,24,26). The molecule has 0 aliphatic carbocycles. The summed E-state index contributed by atoms with van der Waals surface area (Å²) in [5.41, 5.74) is 4.25. The van der Waals surface area contributed by atoms with Gasteiger partial charge in [0.05, 0.1) is 22.8 Å². The first-order valence-electron chi connectivity index (χ1n) is 9.30. The molecular weight excluding hydrogens is 370 g/mol. The molecule has 0 aromatic carbocycles. The zero-order chi connectivity index (χ0) is 19.1. The van der Waals surface area contributed by atoms with Crippen molar-refractivity contribution in [3.8, 4) is 17.2 Å². The van der Waals surface area contributed by atoms with Crippen molar-refractivity contribution in [3.05, 3.63) is 36.5 Å². The Hall–Kier alpha value is -2.89. The van der Waals surface area contributed by atoms with Crippen LogP contribution in [0.25, 0.3) is 33.1 Å². The number of aryl methyl sites for hydroxylation is 1. The number of H-pyrrole nitrogens is 1. The van der Waals surface area contributed by atoms with E-state index >= 15 is 0 Å². The highest BCUT2D eigenvalue weighted by molar-refractivity contribution is 8.00. The summed E-state index contributed by atoms with van der Waals surface area (Å²) in [4.78, 5) is 13.3. The molecule has 1 aliphatic heterocycles. The molecule has 0 unspecified atom stereocenters. The molecule has 1 aliphatic rings. The fourth-order valence-corrected chi connectivity index (χ4v) is 5.09. The second-order valence-corrected chi connectivity index (χ2v) is 8.36. The van der Waals surface area contributed by atoms with Crippen LogP contribution in [0, 0.1) is 11.3 Å². The van der Waals surface area contributed by atoms with Crippen molar-refractivity contribution < 1.29 is 0 Å². The molecule has 0 atom stereocenters. The van der Waals surface area contributed by atoms with E-state index in [4.69, 9.17) is 0 Å². The number of aromatic nitrogens is 5. The van der Waals surface area contributed by atoms with Crippen LogP contribution in [0.5, 0.6) is 0 Å². The molecule has 0 radical (unpaired) electrons. The van der Waals surface area contributed by atoms with Crippen LogP contribution in [-0.2, 0) is 7.05 Å². The topological polar surface area (TPSA) is 95.2 Å². The number of aromatic amines is 1. The Morgan fingerprint density at radius 3 is 2.79 bits per heavy atom. The lowest BCUT2D eigenvalue weighted by Gasteiger charge is -2.22. The van der Waals surface area contributed by atoms with Gasteiger partial charge < -0.3 is 10.3 Å². The highest BCUT2D eigenvalue weighted by Crippen LogP contribution is 2.39. The van der Waals surface area contributed by atoms with Gasteiger partial charge in [-0.25, -0.2) is 9.97 Å². The van der Waals surface area contributed by atoms with Crippen LogP contribution < -0.4 is 5.32 Å². The molecule has 140 valence electrons. The van der Waals surface area contributed by atoms with E-state index in [1.807, 2.05) is 25.6 Å². The van der Waals surface area contributed by atoms with E-state index < -0.39 is 0 Å². The van der Waals surface area contributed by atoms with Gasteiger partial charge in [-0.1, -0.05) is 0 Å². The van der Waals surface area contributed by atoms with E-state index in [-0.39, 0.29) is 0 Å². The maximum absolute atomic E-state index is 9.68. The fourth-order valence-electron chi connectivity index (χ4n) is 3.74. The summed E-state index contributed by atoms with van der Waals surface area (Å²) in [5.74, 6) is 0. The Morgan fingerprint density at radius 2 is 2.04 bits per heavy atom. The molecule has 28 heavy (non-hydrogen) atoms. The van der Waals surface area contributed by atoms with E-state index in [1.54, 1.807) is 22.6 Å². The Balaban J connectivity index is 1.70. The summed E-state index contributed by atoms with van der Waals surface area (Å²) in [7, 11) is 1.90. The number of pyridine rings is 2. The lowest BCUT2D eigenvalue weighted by molar-refractivity contribution is 0.531. The maximum Gasteiger partial charge on any atom is 0.154 e. The van der Waals surface area contributed by atoms with Gasteiger partial charge in [0.1, 0.15) is 11.7 Å². The van der Waals surface area contributed by atoms with Gasteiger partial charge in [0, 0.05) is 46.6 Å². The Labute approximate surface area is 166 Å². The third-order valence-electron chi connectivity index (χ3n) is 5.16. The summed E-state index contributed by atoms with van der Waals surface area (Å²) >= 11 is 1.78. The van der Waals surface area contributed by atoms with E-state index in [2.05, 4.69) is 37.5 Å². The van der Waals surface area contributed by atoms with Crippen molar-refractivity contribution in [2.75, 3.05) is 13.1 Å². The molecule has 0 spiro atoms. The van der Waals surface area contributed by atoms with Crippen LogP contribution >= 0.6 is 11.8 Å². The Bertz CT molecular complexity index is 1210. The normalized spacial score (nSPS) is 15.3. The minimum atomic E-state index is 0.486. The van der Waals surface area contributed by atoms with E-state index in [9.17, 15) is 5.26 Å². The van der Waals surface area contributed by atoms with E-state index in [0.717, 1.165) is 63.9 Å². The first kappa shape index (κ1) is 17.2. The molecule has 8 heteroatoms. The molecular formula is C20H19N7S. The van der Waals surface area contributed by atoms with Crippen LogP contribution in [0.1, 0.15) is 18.5 Å². The molecule has 4 aromatic heterocycles. The third-order valence-corrected chi connectivity index (χ3v) is 6.60. The Kier molecular flexibility index (Phi) is 4.26. The Morgan fingerprint density at radius 1 is 1.18 bits per heavy atom. The van der Waals surface area contributed by atoms with Gasteiger partial charge in [-0.3, -0.25) is 4.68 Å². The summed E-state index contributed by atoms with van der Waals surface area (Å²) in [6.07, 6.45) is 9.59. The molecule has 0 bridgehead atoms. The predicted molar refractivity (Wildman–Crippen MR) is 110 cm³/mol. The van der Waals surface area contributed by atoms with Crippen molar-refractivity contribution in [1.29, 1.82) is 5.26 Å². The lowest BCUT2D eigenvalue weighted by Crippen LogP contribution is -2.29. The molecule has 2 N–H and O–H groups in total. The minimum Gasteiger partial charge on any atom is -0.338 e. The zero-order valence-corrected chi connectivity index (χ0v) is 16.3. The van der Waals surface area contributed by atoms with E-state index in [0.29, 0.717) is 10.9 Å². The fraction of sp³-hybridized carbons (Fsp3) is 0.300. The van der Waals surface area contributed by atoms with Crippen LogP contribution in [0.2, 0.25) is 0 Å². The first-order chi connectivity index (χ1) is 13.7. The van der Waals surface area contributed by atoms with Crippen molar-refractivity contribution >= 4 is 33.7 Å². The highest BCUT2D eigenvalue weighted by Gasteiger charge is 2.21. The molecule has 4 aromatic rings. The molecule has 1 saturated heterocycles. The van der Waals surface area contributed by atoms with Gasteiger partial charge in [-0.2, -0.15) is 10.4 Å². The molecule has 7 nitrogen and oxygen atoms in total. The molecule has 1 fully saturated rings. The van der Waals surface area contributed by atoms with Gasteiger partial charge in [0.2, 0.25) is 0 Å². The van der Waals surface area contributed by atoms with Crippen LogP contribution in [0.4, 0.5) is 0 Å². The number of rotatable bonds is 3. The number of thioether (sulfide) groups is 1. The highest BCUT2D eigenvalue weighted by atomic mass is 32.2. The van der Waals surface area contributed by atoms with Crippen LogP contribution in [0.3, 0.4) is 0 Å². The van der Waals surface area contributed by atoms with Gasteiger partial charge >= 0.3 is 0 Å². The van der Waals surface area contributed by atoms with Gasteiger partial charge in [0.25, 0.3) is 0 Å². The number of nitrogens with one attached hydrogen (secondary N) is 2. The average molecular weight is 389 g/mol. The predicted octanol–water partition coefficient (Wildman–Crippen LogP) is 3.23. The van der Waals surface area contributed by atoms with Gasteiger partial charge in [0.15, 0.2) is 5.69 Å². The summed E-state index contributed by atoms with van der Waals surface area (Å²) in [5, 5.41) is 19.9. The number of nitriles is 1. The van der Waals surface area contributed by atoms with Crippen molar-refractivity contribution in [2.45, 2.75) is 23.0 Å². The lowest BCUT2D eigenvalue weighted by atomic mass is 10.1. The third kappa shape index (κ3) is 2.93. The SMILES string of the molecule is Cn1cc(-c2cnc3[nH]c4cnc(C#N)c(SC5CCNCC5)c4c3c2)cn1. The second-order valence-electron chi connectivity index (χ2n) is 7.05. The molecule has 5 heterocycles. The van der Waals surface area contributed by atoms with Crippen molar-refractivity contribution in [2.24, 2.45) is 7.05 Å².